The van der Waals surface area contributed by atoms with E-state index in [0.29, 0.717) is 28.6 Å². The molecule has 0 amide bonds. The first-order valence-corrected chi connectivity index (χ1v) is 7.69. The normalized spacial score (nSPS) is 17.3. The quantitative estimate of drug-likeness (QED) is 0.897. The summed E-state index contributed by atoms with van der Waals surface area (Å²) in [4.78, 5) is 4.04. The molecule has 21 heavy (non-hydrogen) atoms. The molecule has 1 unspecified atom stereocenters. The van der Waals surface area contributed by atoms with Gasteiger partial charge in [-0.05, 0) is 37.0 Å². The third-order valence-electron chi connectivity index (χ3n) is 4.24. The molecule has 3 nitrogen and oxygen atoms in total. The van der Waals surface area contributed by atoms with Gasteiger partial charge in [-0.25, -0.2) is 4.39 Å². The van der Waals surface area contributed by atoms with Gasteiger partial charge in [-0.1, -0.05) is 24.4 Å². The Morgan fingerprint density at radius 2 is 2.10 bits per heavy atom. The third kappa shape index (κ3) is 2.97. The van der Waals surface area contributed by atoms with Crippen LogP contribution in [0.1, 0.15) is 25.7 Å². The van der Waals surface area contributed by atoms with Crippen LogP contribution in [0.3, 0.4) is 0 Å². The van der Waals surface area contributed by atoms with Crippen LogP contribution in [0.4, 0.5) is 10.1 Å². The van der Waals surface area contributed by atoms with Crippen LogP contribution in [0.25, 0.3) is 10.9 Å². The highest BCUT2D eigenvalue weighted by atomic mass is 35.5. The zero-order chi connectivity index (χ0) is 14.8. The summed E-state index contributed by atoms with van der Waals surface area (Å²) in [5, 5.41) is 14.2. The van der Waals surface area contributed by atoms with E-state index in [9.17, 15) is 9.50 Å². The number of nitrogens with zero attached hydrogens (tertiary/aromatic N) is 1. The van der Waals surface area contributed by atoms with Crippen molar-refractivity contribution in [2.24, 2.45) is 5.92 Å². The van der Waals surface area contributed by atoms with Crippen molar-refractivity contribution in [3.8, 4) is 0 Å². The van der Waals surface area contributed by atoms with E-state index in [2.05, 4.69) is 10.3 Å². The van der Waals surface area contributed by atoms with Gasteiger partial charge in [-0.2, -0.15) is 0 Å². The lowest BCUT2D eigenvalue weighted by atomic mass is 10.0. The molecule has 0 aliphatic heterocycles. The number of aromatic nitrogens is 1. The second kappa shape index (κ2) is 6.16. The topological polar surface area (TPSA) is 45.1 Å². The Labute approximate surface area is 128 Å². The number of hydrogen-bond donors (Lipinski definition) is 2. The molecule has 0 radical (unpaired) electrons. The maximum absolute atomic E-state index is 14.4. The molecule has 5 heteroatoms. The van der Waals surface area contributed by atoms with Gasteiger partial charge in [0.25, 0.3) is 0 Å². The fraction of sp³-hybridized carbons (Fsp3) is 0.438. The van der Waals surface area contributed by atoms with Crippen molar-refractivity contribution in [3.05, 3.63) is 35.2 Å². The van der Waals surface area contributed by atoms with Crippen molar-refractivity contribution in [3.63, 3.8) is 0 Å². The van der Waals surface area contributed by atoms with Gasteiger partial charge in [-0.3, -0.25) is 4.98 Å². The molecule has 0 bridgehead atoms. The first-order chi connectivity index (χ1) is 10.2. The van der Waals surface area contributed by atoms with Crippen LogP contribution in [0.5, 0.6) is 0 Å². The number of benzene rings is 1. The number of fused-ring (bicyclic) bond motifs is 1. The van der Waals surface area contributed by atoms with Crippen LogP contribution >= 0.6 is 11.6 Å². The summed E-state index contributed by atoms with van der Waals surface area (Å²) in [5.74, 6) is -0.0952. The standard InChI is InChI=1S/C16H18ClFN2O/c17-12-7-8-19-16-11(12)5-6-13(15(16)18)20-9-14(21)10-3-1-2-4-10/h5-8,10,14,20-21H,1-4,9H2. The Balaban J connectivity index is 1.76. The van der Waals surface area contributed by atoms with E-state index >= 15 is 0 Å². The largest absolute Gasteiger partial charge is 0.391 e. The van der Waals surface area contributed by atoms with Crippen LogP contribution in [0.2, 0.25) is 5.02 Å². The molecule has 1 fully saturated rings. The smallest absolute Gasteiger partial charge is 0.172 e. The van der Waals surface area contributed by atoms with E-state index in [4.69, 9.17) is 11.6 Å². The Bertz CT molecular complexity index is 643. The summed E-state index contributed by atoms with van der Waals surface area (Å²) in [5.41, 5.74) is 0.608. The summed E-state index contributed by atoms with van der Waals surface area (Å²) in [6.45, 7) is 0.355. The number of pyridine rings is 1. The molecule has 1 atom stereocenters. The van der Waals surface area contributed by atoms with Crippen molar-refractivity contribution in [1.29, 1.82) is 0 Å². The average Bonchev–Trinajstić information content (AvgIpc) is 3.01. The zero-order valence-electron chi connectivity index (χ0n) is 11.6. The fourth-order valence-electron chi connectivity index (χ4n) is 3.01. The van der Waals surface area contributed by atoms with Gasteiger partial charge >= 0.3 is 0 Å². The van der Waals surface area contributed by atoms with Gasteiger partial charge < -0.3 is 10.4 Å². The maximum Gasteiger partial charge on any atom is 0.172 e. The number of rotatable bonds is 4. The SMILES string of the molecule is OC(CNc1ccc2c(Cl)ccnc2c1F)C1CCCC1. The van der Waals surface area contributed by atoms with E-state index in [1.807, 2.05) is 0 Å². The third-order valence-corrected chi connectivity index (χ3v) is 4.57. The molecule has 2 N–H and O–H groups in total. The summed E-state index contributed by atoms with van der Waals surface area (Å²) in [6.07, 6.45) is 5.52. The molecule has 1 heterocycles. The van der Waals surface area contributed by atoms with E-state index in [1.54, 1.807) is 18.2 Å². The molecular weight excluding hydrogens is 291 g/mol. The van der Waals surface area contributed by atoms with Crippen molar-refractivity contribution < 1.29 is 9.50 Å². The minimum absolute atomic E-state index is 0.253. The van der Waals surface area contributed by atoms with Crippen molar-refractivity contribution in [1.82, 2.24) is 4.98 Å². The van der Waals surface area contributed by atoms with Crippen LogP contribution < -0.4 is 5.32 Å². The summed E-state index contributed by atoms with van der Waals surface area (Å²) in [7, 11) is 0. The lowest BCUT2D eigenvalue weighted by molar-refractivity contribution is 0.123. The van der Waals surface area contributed by atoms with E-state index in [1.165, 1.54) is 19.0 Å². The second-order valence-electron chi connectivity index (χ2n) is 5.61. The number of halogens is 2. The van der Waals surface area contributed by atoms with E-state index in [0.717, 1.165) is 12.8 Å². The summed E-state index contributed by atoms with van der Waals surface area (Å²) >= 11 is 6.03. The maximum atomic E-state index is 14.4. The summed E-state index contributed by atoms with van der Waals surface area (Å²) < 4.78 is 14.4. The van der Waals surface area contributed by atoms with Gasteiger partial charge in [0, 0.05) is 18.1 Å². The molecular formula is C16H18ClFN2O. The first kappa shape index (κ1) is 14.5. The highest BCUT2D eigenvalue weighted by Crippen LogP contribution is 2.30. The monoisotopic (exact) mass is 308 g/mol. The molecule has 112 valence electrons. The van der Waals surface area contributed by atoms with E-state index < -0.39 is 11.9 Å². The fourth-order valence-corrected chi connectivity index (χ4v) is 3.22. The molecule has 1 aromatic carbocycles. The highest BCUT2D eigenvalue weighted by Gasteiger charge is 2.23. The van der Waals surface area contributed by atoms with Gasteiger partial charge in [0.15, 0.2) is 5.82 Å². The Hall–Kier alpha value is -1.39. The van der Waals surface area contributed by atoms with Crippen LogP contribution in [0, 0.1) is 11.7 Å². The summed E-state index contributed by atoms with van der Waals surface area (Å²) in [6, 6.07) is 5.03. The van der Waals surface area contributed by atoms with Crippen molar-refractivity contribution >= 4 is 28.2 Å². The molecule has 2 aromatic rings. The molecule has 0 saturated heterocycles. The molecule has 1 aliphatic rings. The van der Waals surface area contributed by atoms with Gasteiger partial charge in [0.05, 0.1) is 16.8 Å². The molecule has 1 aliphatic carbocycles. The van der Waals surface area contributed by atoms with Gasteiger partial charge in [0.1, 0.15) is 5.52 Å². The van der Waals surface area contributed by atoms with E-state index in [-0.39, 0.29) is 5.52 Å². The van der Waals surface area contributed by atoms with Crippen LogP contribution in [0.15, 0.2) is 24.4 Å². The number of anilines is 1. The highest BCUT2D eigenvalue weighted by molar-refractivity contribution is 6.35. The second-order valence-corrected chi connectivity index (χ2v) is 6.02. The Morgan fingerprint density at radius 1 is 1.33 bits per heavy atom. The predicted molar refractivity (Wildman–Crippen MR) is 83.2 cm³/mol. The number of aliphatic hydroxyl groups excluding tert-OH is 1. The average molecular weight is 309 g/mol. The number of hydrogen-bond acceptors (Lipinski definition) is 3. The number of nitrogens with one attached hydrogen (secondary N) is 1. The minimum Gasteiger partial charge on any atom is -0.391 e. The zero-order valence-corrected chi connectivity index (χ0v) is 12.4. The lowest BCUT2D eigenvalue weighted by Gasteiger charge is -2.19. The van der Waals surface area contributed by atoms with Crippen molar-refractivity contribution in [2.45, 2.75) is 31.8 Å². The van der Waals surface area contributed by atoms with Gasteiger partial charge in [-0.15, -0.1) is 0 Å². The Kier molecular flexibility index (Phi) is 4.27. The predicted octanol–water partition coefficient (Wildman–Crippen LogP) is 3.99. The molecule has 3 rings (SSSR count). The van der Waals surface area contributed by atoms with Crippen LogP contribution in [-0.2, 0) is 0 Å². The minimum atomic E-state index is -0.435. The molecule has 1 saturated carbocycles. The molecule has 0 spiro atoms. The number of aliphatic hydroxyl groups is 1. The molecule has 1 aromatic heterocycles. The first-order valence-electron chi connectivity index (χ1n) is 7.31. The van der Waals surface area contributed by atoms with Crippen LogP contribution in [-0.4, -0.2) is 22.7 Å². The van der Waals surface area contributed by atoms with Gasteiger partial charge in [0.2, 0.25) is 0 Å². The lowest BCUT2D eigenvalue weighted by Crippen LogP contribution is -2.27. The Morgan fingerprint density at radius 3 is 2.86 bits per heavy atom. The van der Waals surface area contributed by atoms with Crippen molar-refractivity contribution in [2.75, 3.05) is 11.9 Å².